The summed E-state index contributed by atoms with van der Waals surface area (Å²) in [6.07, 6.45) is 2.27. The molecule has 0 amide bonds. The Morgan fingerprint density at radius 3 is 2.88 bits per heavy atom. The first-order valence-corrected chi connectivity index (χ1v) is 5.89. The van der Waals surface area contributed by atoms with Crippen LogP contribution in [0.4, 0.5) is 0 Å². The molecule has 0 saturated carbocycles. The Kier molecular flexibility index (Phi) is 10.1. The Morgan fingerprint density at radius 1 is 1.44 bits per heavy atom. The summed E-state index contributed by atoms with van der Waals surface area (Å²) < 4.78 is 5.49. The summed E-state index contributed by atoms with van der Waals surface area (Å²) in [6.45, 7) is 8.84. The van der Waals surface area contributed by atoms with E-state index in [1.54, 1.807) is 0 Å². The molecule has 0 saturated heterocycles. The van der Waals surface area contributed by atoms with Crippen LogP contribution >= 0.6 is 24.0 Å². The number of halogens is 1. The minimum absolute atomic E-state index is 0. The summed E-state index contributed by atoms with van der Waals surface area (Å²) in [5, 5.41) is 6.44. The SMILES string of the molecule is CC(C)CCOCCNC1=NCCCN1.I. The summed E-state index contributed by atoms with van der Waals surface area (Å²) in [5.41, 5.74) is 0. The van der Waals surface area contributed by atoms with E-state index in [1.807, 2.05) is 0 Å². The van der Waals surface area contributed by atoms with Crippen LogP contribution in [-0.2, 0) is 4.74 Å². The molecule has 1 aliphatic rings. The summed E-state index contributed by atoms with van der Waals surface area (Å²) in [5.74, 6) is 1.65. The van der Waals surface area contributed by atoms with Gasteiger partial charge in [-0.3, -0.25) is 4.99 Å². The molecule has 0 bridgehead atoms. The van der Waals surface area contributed by atoms with Crippen molar-refractivity contribution in [3.05, 3.63) is 0 Å². The summed E-state index contributed by atoms with van der Waals surface area (Å²) >= 11 is 0. The third-order valence-corrected chi connectivity index (χ3v) is 2.28. The molecule has 1 heterocycles. The normalized spacial score (nSPS) is 15.1. The van der Waals surface area contributed by atoms with E-state index in [-0.39, 0.29) is 24.0 Å². The number of nitrogens with one attached hydrogen (secondary N) is 2. The van der Waals surface area contributed by atoms with E-state index in [1.165, 1.54) is 0 Å². The summed E-state index contributed by atoms with van der Waals surface area (Å²) in [7, 11) is 0. The van der Waals surface area contributed by atoms with Crippen molar-refractivity contribution in [3.8, 4) is 0 Å². The van der Waals surface area contributed by atoms with E-state index in [0.29, 0.717) is 0 Å². The van der Waals surface area contributed by atoms with E-state index in [0.717, 1.165) is 57.6 Å². The van der Waals surface area contributed by atoms with Gasteiger partial charge in [-0.2, -0.15) is 0 Å². The van der Waals surface area contributed by atoms with Crippen molar-refractivity contribution in [1.29, 1.82) is 0 Å². The van der Waals surface area contributed by atoms with Crippen LogP contribution in [0.1, 0.15) is 26.7 Å². The average molecular weight is 341 g/mol. The largest absolute Gasteiger partial charge is 0.380 e. The van der Waals surface area contributed by atoms with Gasteiger partial charge in [-0.25, -0.2) is 0 Å². The fourth-order valence-electron chi connectivity index (χ4n) is 1.31. The van der Waals surface area contributed by atoms with Gasteiger partial charge in [-0.15, -0.1) is 24.0 Å². The topological polar surface area (TPSA) is 45.6 Å². The van der Waals surface area contributed by atoms with Crippen LogP contribution in [0.5, 0.6) is 0 Å². The summed E-state index contributed by atoms with van der Waals surface area (Å²) in [4.78, 5) is 4.31. The molecule has 1 aliphatic heterocycles. The first-order chi connectivity index (χ1) is 7.29. The van der Waals surface area contributed by atoms with Crippen LogP contribution in [0.3, 0.4) is 0 Å². The molecule has 5 heteroatoms. The first kappa shape index (κ1) is 16.0. The highest BCUT2D eigenvalue weighted by Gasteiger charge is 2.01. The smallest absolute Gasteiger partial charge is 0.191 e. The number of rotatable bonds is 6. The van der Waals surface area contributed by atoms with Gasteiger partial charge in [0.05, 0.1) is 6.61 Å². The lowest BCUT2D eigenvalue weighted by Crippen LogP contribution is -2.42. The highest BCUT2D eigenvalue weighted by atomic mass is 127. The Morgan fingerprint density at radius 2 is 2.25 bits per heavy atom. The van der Waals surface area contributed by atoms with Gasteiger partial charge in [-0.05, 0) is 18.8 Å². The predicted molar refractivity (Wildman–Crippen MR) is 78.6 cm³/mol. The van der Waals surface area contributed by atoms with E-state index in [2.05, 4.69) is 29.5 Å². The second-order valence-corrected chi connectivity index (χ2v) is 4.23. The fraction of sp³-hybridized carbons (Fsp3) is 0.909. The second-order valence-electron chi connectivity index (χ2n) is 4.23. The molecular weight excluding hydrogens is 317 g/mol. The second kappa shape index (κ2) is 10.1. The van der Waals surface area contributed by atoms with Crippen LogP contribution in [0.2, 0.25) is 0 Å². The molecule has 0 atom stereocenters. The molecule has 0 unspecified atom stereocenters. The Bertz CT molecular complexity index is 198. The van der Waals surface area contributed by atoms with Gasteiger partial charge >= 0.3 is 0 Å². The maximum Gasteiger partial charge on any atom is 0.191 e. The Balaban J connectivity index is 0.00000225. The average Bonchev–Trinajstić information content (AvgIpc) is 2.24. The third-order valence-electron chi connectivity index (χ3n) is 2.28. The highest BCUT2D eigenvalue weighted by Crippen LogP contribution is 1.98. The van der Waals surface area contributed by atoms with E-state index >= 15 is 0 Å². The molecule has 0 aromatic heterocycles. The van der Waals surface area contributed by atoms with Crippen molar-refractivity contribution >= 4 is 29.9 Å². The maximum absolute atomic E-state index is 5.49. The van der Waals surface area contributed by atoms with Crippen LogP contribution in [0, 0.1) is 5.92 Å². The van der Waals surface area contributed by atoms with Crippen molar-refractivity contribution in [2.24, 2.45) is 10.9 Å². The van der Waals surface area contributed by atoms with Gasteiger partial charge in [0.15, 0.2) is 5.96 Å². The molecule has 16 heavy (non-hydrogen) atoms. The Hall–Kier alpha value is -0.0400. The number of hydrogen-bond acceptors (Lipinski definition) is 4. The molecule has 0 aromatic carbocycles. The molecule has 0 aliphatic carbocycles. The van der Waals surface area contributed by atoms with E-state index in [9.17, 15) is 0 Å². The molecule has 4 nitrogen and oxygen atoms in total. The monoisotopic (exact) mass is 341 g/mol. The lowest BCUT2D eigenvalue weighted by molar-refractivity contribution is 0.128. The van der Waals surface area contributed by atoms with Crippen LogP contribution < -0.4 is 10.6 Å². The van der Waals surface area contributed by atoms with Crippen LogP contribution in [0.15, 0.2) is 4.99 Å². The quantitative estimate of drug-likeness (QED) is 0.570. The van der Waals surface area contributed by atoms with Gasteiger partial charge in [0.1, 0.15) is 0 Å². The number of hydrogen-bond donors (Lipinski definition) is 2. The first-order valence-electron chi connectivity index (χ1n) is 5.89. The van der Waals surface area contributed by atoms with Gasteiger partial charge < -0.3 is 15.4 Å². The highest BCUT2D eigenvalue weighted by molar-refractivity contribution is 14.0. The zero-order valence-electron chi connectivity index (χ0n) is 10.3. The number of ether oxygens (including phenoxy) is 1. The zero-order valence-corrected chi connectivity index (χ0v) is 12.6. The van der Waals surface area contributed by atoms with Gasteiger partial charge in [0.25, 0.3) is 0 Å². The molecule has 0 spiro atoms. The lowest BCUT2D eigenvalue weighted by Gasteiger charge is -2.16. The van der Waals surface area contributed by atoms with Crippen molar-refractivity contribution < 1.29 is 4.74 Å². The van der Waals surface area contributed by atoms with E-state index in [4.69, 9.17) is 4.74 Å². The predicted octanol–water partition coefficient (Wildman–Crippen LogP) is 1.61. The van der Waals surface area contributed by atoms with Crippen LogP contribution in [0.25, 0.3) is 0 Å². The van der Waals surface area contributed by atoms with Gasteiger partial charge in [0.2, 0.25) is 0 Å². The molecule has 96 valence electrons. The zero-order chi connectivity index (χ0) is 10.9. The maximum atomic E-state index is 5.49. The van der Waals surface area contributed by atoms with Gasteiger partial charge in [-0.1, -0.05) is 13.8 Å². The van der Waals surface area contributed by atoms with Crippen LogP contribution in [-0.4, -0.2) is 38.8 Å². The molecule has 0 aromatic rings. The minimum Gasteiger partial charge on any atom is -0.380 e. The number of nitrogens with zero attached hydrogens (tertiary/aromatic N) is 1. The van der Waals surface area contributed by atoms with Crippen molar-refractivity contribution in [3.63, 3.8) is 0 Å². The summed E-state index contributed by atoms with van der Waals surface area (Å²) in [6, 6.07) is 0. The number of aliphatic imine (C=N–C) groups is 1. The number of guanidine groups is 1. The van der Waals surface area contributed by atoms with Crippen molar-refractivity contribution in [1.82, 2.24) is 10.6 Å². The lowest BCUT2D eigenvalue weighted by atomic mass is 10.1. The fourth-order valence-corrected chi connectivity index (χ4v) is 1.31. The molecule has 0 radical (unpaired) electrons. The van der Waals surface area contributed by atoms with Crippen molar-refractivity contribution in [2.75, 3.05) is 32.8 Å². The molecule has 2 N–H and O–H groups in total. The standard InChI is InChI=1S/C11H23N3O.HI/c1-10(2)4-8-15-9-7-14-11-12-5-3-6-13-11;/h10H,3-9H2,1-2H3,(H2,12,13,14);1H. The van der Waals surface area contributed by atoms with E-state index < -0.39 is 0 Å². The molecule has 1 rings (SSSR count). The van der Waals surface area contributed by atoms with Gasteiger partial charge in [0, 0.05) is 26.2 Å². The third kappa shape index (κ3) is 8.15. The molecule has 0 fully saturated rings. The minimum atomic E-state index is 0. The van der Waals surface area contributed by atoms with Crippen molar-refractivity contribution in [2.45, 2.75) is 26.7 Å². The molecular formula is C11H24IN3O. The Labute approximate surface area is 116 Å².